The summed E-state index contributed by atoms with van der Waals surface area (Å²) < 4.78 is 2.02. The number of aryl methyl sites for hydroxylation is 1. The fourth-order valence-electron chi connectivity index (χ4n) is 2.15. The summed E-state index contributed by atoms with van der Waals surface area (Å²) in [6.07, 6.45) is 0.920. The van der Waals surface area contributed by atoms with Gasteiger partial charge in [-0.15, -0.1) is 0 Å². The first-order valence-electron chi connectivity index (χ1n) is 6.58. The van der Waals surface area contributed by atoms with Crippen LogP contribution >= 0.6 is 0 Å². The monoisotopic (exact) mass is 247 g/mol. The number of aliphatic hydroxyl groups excluding tert-OH is 1. The van der Waals surface area contributed by atoms with Crippen LogP contribution in [0.4, 0.5) is 0 Å². The van der Waals surface area contributed by atoms with Crippen molar-refractivity contribution in [2.24, 2.45) is 0 Å². The van der Waals surface area contributed by atoms with Gasteiger partial charge in [-0.05, 0) is 19.4 Å². The Balaban J connectivity index is 2.22. The highest BCUT2D eigenvalue weighted by Gasteiger charge is 2.10. The van der Waals surface area contributed by atoms with Crippen molar-refractivity contribution >= 4 is 10.9 Å². The molecule has 1 unspecified atom stereocenters. The molecule has 4 heteroatoms. The van der Waals surface area contributed by atoms with Crippen molar-refractivity contribution in [3.63, 3.8) is 0 Å². The first-order valence-corrected chi connectivity index (χ1v) is 6.58. The number of fused-ring (bicyclic) bond motifs is 1. The van der Waals surface area contributed by atoms with Gasteiger partial charge in [-0.25, -0.2) is 0 Å². The molecule has 2 N–H and O–H groups in total. The molecule has 0 aliphatic carbocycles. The lowest BCUT2D eigenvalue weighted by Crippen LogP contribution is -2.31. The first-order chi connectivity index (χ1) is 8.80. The van der Waals surface area contributed by atoms with Crippen molar-refractivity contribution in [1.82, 2.24) is 15.1 Å². The lowest BCUT2D eigenvalue weighted by atomic mass is 10.2. The lowest BCUT2D eigenvalue weighted by Gasteiger charge is -2.12. The number of para-hydroxylation sites is 1. The van der Waals surface area contributed by atoms with Gasteiger partial charge in [-0.1, -0.05) is 25.1 Å². The molecule has 98 valence electrons. The Labute approximate surface area is 108 Å². The SMILES string of the molecule is CCC(CO)NCc1nn(CC)c2ccccc12. The zero-order chi connectivity index (χ0) is 13.0. The van der Waals surface area contributed by atoms with E-state index < -0.39 is 0 Å². The van der Waals surface area contributed by atoms with Gasteiger partial charge in [0.05, 0.1) is 17.8 Å². The predicted molar refractivity (Wildman–Crippen MR) is 73.4 cm³/mol. The van der Waals surface area contributed by atoms with Gasteiger partial charge in [0.1, 0.15) is 0 Å². The van der Waals surface area contributed by atoms with E-state index in [1.807, 2.05) is 16.8 Å². The topological polar surface area (TPSA) is 50.1 Å². The van der Waals surface area contributed by atoms with Crippen LogP contribution in [-0.2, 0) is 13.1 Å². The van der Waals surface area contributed by atoms with E-state index in [4.69, 9.17) is 0 Å². The maximum Gasteiger partial charge on any atom is 0.0841 e. The Morgan fingerprint density at radius 3 is 2.78 bits per heavy atom. The molecule has 0 spiro atoms. The summed E-state index contributed by atoms with van der Waals surface area (Å²) >= 11 is 0. The molecule has 0 bridgehead atoms. The molecule has 0 saturated heterocycles. The van der Waals surface area contributed by atoms with Crippen molar-refractivity contribution in [2.45, 2.75) is 39.4 Å². The largest absolute Gasteiger partial charge is 0.395 e. The summed E-state index contributed by atoms with van der Waals surface area (Å²) in [7, 11) is 0. The fourth-order valence-corrected chi connectivity index (χ4v) is 2.15. The second kappa shape index (κ2) is 5.98. The van der Waals surface area contributed by atoms with Crippen molar-refractivity contribution in [2.75, 3.05) is 6.61 Å². The van der Waals surface area contributed by atoms with Crippen molar-refractivity contribution in [3.05, 3.63) is 30.0 Å². The predicted octanol–water partition coefficient (Wildman–Crippen LogP) is 1.92. The molecule has 2 aromatic rings. The number of rotatable bonds is 6. The molecular weight excluding hydrogens is 226 g/mol. The average Bonchev–Trinajstić information content (AvgIpc) is 2.78. The van der Waals surface area contributed by atoms with E-state index >= 15 is 0 Å². The van der Waals surface area contributed by atoms with Crippen LogP contribution in [0.1, 0.15) is 26.0 Å². The Morgan fingerprint density at radius 1 is 1.33 bits per heavy atom. The molecule has 0 radical (unpaired) electrons. The van der Waals surface area contributed by atoms with Gasteiger partial charge in [0.2, 0.25) is 0 Å². The Morgan fingerprint density at radius 2 is 2.11 bits per heavy atom. The van der Waals surface area contributed by atoms with Crippen LogP contribution in [0.3, 0.4) is 0 Å². The van der Waals surface area contributed by atoms with Crippen LogP contribution in [0, 0.1) is 0 Å². The van der Waals surface area contributed by atoms with E-state index in [0.29, 0.717) is 6.54 Å². The Bertz CT molecular complexity index is 503. The zero-order valence-electron chi connectivity index (χ0n) is 11.1. The molecule has 1 heterocycles. The minimum Gasteiger partial charge on any atom is -0.395 e. The summed E-state index contributed by atoms with van der Waals surface area (Å²) in [6, 6.07) is 8.42. The molecule has 0 saturated carbocycles. The number of aliphatic hydroxyl groups is 1. The third-order valence-corrected chi connectivity index (χ3v) is 3.31. The van der Waals surface area contributed by atoms with E-state index in [1.165, 1.54) is 10.9 Å². The molecule has 2 rings (SSSR count). The maximum atomic E-state index is 9.18. The second-order valence-corrected chi connectivity index (χ2v) is 4.45. The van der Waals surface area contributed by atoms with Crippen molar-refractivity contribution in [3.8, 4) is 0 Å². The van der Waals surface area contributed by atoms with Crippen LogP contribution in [-0.4, -0.2) is 27.5 Å². The summed E-state index contributed by atoms with van der Waals surface area (Å²) in [5.74, 6) is 0. The molecule has 0 fully saturated rings. The minimum atomic E-state index is 0.149. The quantitative estimate of drug-likeness (QED) is 0.820. The number of benzene rings is 1. The molecule has 1 aromatic heterocycles. The van der Waals surface area contributed by atoms with Gasteiger partial charge in [0, 0.05) is 24.5 Å². The number of aromatic nitrogens is 2. The number of nitrogens with one attached hydrogen (secondary N) is 1. The summed E-state index contributed by atoms with van der Waals surface area (Å²) in [4.78, 5) is 0. The van der Waals surface area contributed by atoms with Crippen molar-refractivity contribution in [1.29, 1.82) is 0 Å². The highest BCUT2D eigenvalue weighted by molar-refractivity contribution is 5.81. The van der Waals surface area contributed by atoms with Crippen LogP contribution in [0.2, 0.25) is 0 Å². The minimum absolute atomic E-state index is 0.149. The first kappa shape index (κ1) is 13.1. The Kier molecular flexibility index (Phi) is 4.33. The Hall–Kier alpha value is -1.39. The summed E-state index contributed by atoms with van der Waals surface area (Å²) in [5.41, 5.74) is 2.23. The smallest absolute Gasteiger partial charge is 0.0841 e. The summed E-state index contributed by atoms with van der Waals surface area (Å²) in [6.45, 7) is 5.91. The lowest BCUT2D eigenvalue weighted by molar-refractivity contribution is 0.238. The van der Waals surface area contributed by atoms with Crippen LogP contribution in [0.15, 0.2) is 24.3 Å². The second-order valence-electron chi connectivity index (χ2n) is 4.45. The van der Waals surface area contributed by atoms with E-state index in [2.05, 4.69) is 36.4 Å². The molecule has 1 atom stereocenters. The normalized spacial score (nSPS) is 13.1. The van der Waals surface area contributed by atoms with E-state index in [1.54, 1.807) is 0 Å². The zero-order valence-corrected chi connectivity index (χ0v) is 11.1. The molecule has 0 aliphatic rings. The van der Waals surface area contributed by atoms with Crippen molar-refractivity contribution < 1.29 is 5.11 Å². The van der Waals surface area contributed by atoms with Crippen LogP contribution in [0.5, 0.6) is 0 Å². The van der Waals surface area contributed by atoms with E-state index in [-0.39, 0.29) is 12.6 Å². The standard InChI is InChI=1S/C14H21N3O/c1-3-11(10-18)15-9-13-12-7-5-6-8-14(12)17(4-2)16-13/h5-8,11,15,18H,3-4,9-10H2,1-2H3. The van der Waals surface area contributed by atoms with Gasteiger partial charge >= 0.3 is 0 Å². The van der Waals surface area contributed by atoms with Gasteiger partial charge < -0.3 is 10.4 Å². The molecular formula is C14H21N3O. The maximum absolute atomic E-state index is 9.18. The van der Waals surface area contributed by atoms with Gasteiger partial charge in [-0.2, -0.15) is 5.10 Å². The third-order valence-electron chi connectivity index (χ3n) is 3.31. The summed E-state index contributed by atoms with van der Waals surface area (Å²) in [5, 5.41) is 18.3. The number of nitrogens with zero attached hydrogens (tertiary/aromatic N) is 2. The highest BCUT2D eigenvalue weighted by atomic mass is 16.3. The molecule has 0 amide bonds. The molecule has 4 nitrogen and oxygen atoms in total. The van der Waals surface area contributed by atoms with Crippen LogP contribution in [0.25, 0.3) is 10.9 Å². The number of hydrogen-bond acceptors (Lipinski definition) is 3. The number of hydrogen-bond donors (Lipinski definition) is 2. The van der Waals surface area contributed by atoms with Gasteiger partial charge in [0.25, 0.3) is 0 Å². The molecule has 1 aromatic carbocycles. The van der Waals surface area contributed by atoms with Gasteiger partial charge in [-0.3, -0.25) is 4.68 Å². The van der Waals surface area contributed by atoms with Gasteiger partial charge in [0.15, 0.2) is 0 Å². The van der Waals surface area contributed by atoms with Crippen LogP contribution < -0.4 is 5.32 Å². The molecule has 18 heavy (non-hydrogen) atoms. The van der Waals surface area contributed by atoms with E-state index in [9.17, 15) is 5.11 Å². The molecule has 0 aliphatic heterocycles. The highest BCUT2D eigenvalue weighted by Crippen LogP contribution is 2.18. The fraction of sp³-hybridized carbons (Fsp3) is 0.500. The average molecular weight is 247 g/mol. The van der Waals surface area contributed by atoms with E-state index in [0.717, 1.165) is 18.7 Å². The third kappa shape index (κ3) is 2.54.